The molecule has 8 nitrogen and oxygen atoms in total. The third-order valence-corrected chi connectivity index (χ3v) is 6.42. The van der Waals surface area contributed by atoms with Gasteiger partial charge in [0.15, 0.2) is 34.5 Å². The van der Waals surface area contributed by atoms with Crippen LogP contribution in [0.4, 0.5) is 13.2 Å². The zero-order chi connectivity index (χ0) is 25.8. The maximum absolute atomic E-state index is 12.3. The summed E-state index contributed by atoms with van der Waals surface area (Å²) in [6.45, 7) is 6.73. The van der Waals surface area contributed by atoms with Crippen LogP contribution in [0, 0.1) is 17.5 Å². The summed E-state index contributed by atoms with van der Waals surface area (Å²) in [5.74, 6) is -3.31. The Morgan fingerprint density at radius 2 is 1.91 bits per heavy atom. The predicted octanol–water partition coefficient (Wildman–Crippen LogP) is 2.92. The summed E-state index contributed by atoms with van der Waals surface area (Å²) in [7, 11) is 1.37. The minimum absolute atomic E-state index is 0.0707. The van der Waals surface area contributed by atoms with E-state index in [-0.39, 0.29) is 24.1 Å². The van der Waals surface area contributed by atoms with Gasteiger partial charge in [0.2, 0.25) is 0 Å². The molecule has 1 aromatic rings. The molecule has 1 aromatic carbocycles. The van der Waals surface area contributed by atoms with E-state index in [9.17, 15) is 22.2 Å². The quantitative estimate of drug-likeness (QED) is 0.470. The van der Waals surface area contributed by atoms with Gasteiger partial charge in [0.1, 0.15) is 0 Å². The molecule has 1 fully saturated rings. The average molecular weight is 512 g/mol. The van der Waals surface area contributed by atoms with Crippen LogP contribution in [0.1, 0.15) is 33.6 Å². The zero-order valence-electron chi connectivity index (χ0n) is 19.9. The lowest BCUT2D eigenvalue weighted by atomic mass is 10.1. The van der Waals surface area contributed by atoms with E-state index in [0.717, 1.165) is 41.9 Å². The first-order valence-corrected chi connectivity index (χ1v) is 12.0. The number of ether oxygens (including phenoxy) is 1. The maximum Gasteiger partial charge on any atom is 0.337 e. The SMILES string of the molecule is COC(=O)C1=C2CC(NS(=O)NC(C)(C)C)CN2C(C2=NC=CC2)=NC1.Fc1cccc(F)c1F. The van der Waals surface area contributed by atoms with Crippen molar-refractivity contribution in [1.82, 2.24) is 14.3 Å². The Kier molecular flexibility index (Phi) is 8.62. The van der Waals surface area contributed by atoms with E-state index < -0.39 is 28.6 Å². The topological polar surface area (TPSA) is 95.4 Å². The lowest BCUT2D eigenvalue weighted by Gasteiger charge is -2.28. The Balaban J connectivity index is 0.000000320. The first-order chi connectivity index (χ1) is 16.5. The number of aliphatic imine (C=N–C) groups is 2. The monoisotopic (exact) mass is 511 g/mol. The number of nitrogens with one attached hydrogen (secondary N) is 2. The van der Waals surface area contributed by atoms with Gasteiger partial charge in [-0.25, -0.2) is 31.6 Å². The summed E-state index contributed by atoms with van der Waals surface area (Å²) in [5, 5.41) is 0. The fourth-order valence-electron chi connectivity index (χ4n) is 3.65. The standard InChI is InChI=1S/C17H25N5O3S.C6H3F3/c1-17(2,3)21-26(24)20-11-8-14-12(16(23)25-4)9-19-15(22(14)10-11)13-6-5-7-18-13;7-4-2-1-3-5(8)6(4)9/h5,7,11,20-21H,6,8-10H2,1-4H3;1-3H. The van der Waals surface area contributed by atoms with Crippen molar-refractivity contribution in [1.29, 1.82) is 0 Å². The molecule has 2 atom stereocenters. The number of nitrogens with zero attached hydrogens (tertiary/aromatic N) is 3. The van der Waals surface area contributed by atoms with E-state index in [1.807, 2.05) is 31.7 Å². The molecule has 0 saturated carbocycles. The van der Waals surface area contributed by atoms with Crippen LogP contribution in [0.25, 0.3) is 0 Å². The number of allylic oxidation sites excluding steroid dienone is 1. The molecule has 0 amide bonds. The summed E-state index contributed by atoms with van der Waals surface area (Å²) < 4.78 is 59.3. The van der Waals surface area contributed by atoms with Crippen LogP contribution in [0.5, 0.6) is 0 Å². The minimum atomic E-state index is -1.42. The molecule has 0 spiro atoms. The molecule has 35 heavy (non-hydrogen) atoms. The van der Waals surface area contributed by atoms with Crippen molar-refractivity contribution in [2.24, 2.45) is 9.98 Å². The molecule has 0 bridgehead atoms. The maximum atomic E-state index is 12.3. The van der Waals surface area contributed by atoms with Crippen molar-refractivity contribution in [3.8, 4) is 0 Å². The number of amidine groups is 1. The van der Waals surface area contributed by atoms with Crippen LogP contribution in [0.3, 0.4) is 0 Å². The molecular formula is C23H28F3N5O3S. The van der Waals surface area contributed by atoms with Crippen molar-refractivity contribution in [3.63, 3.8) is 0 Å². The van der Waals surface area contributed by atoms with Gasteiger partial charge >= 0.3 is 5.97 Å². The lowest BCUT2D eigenvalue weighted by molar-refractivity contribution is -0.136. The molecule has 2 N–H and O–H groups in total. The number of hydrogen-bond donors (Lipinski definition) is 2. The third kappa shape index (κ3) is 6.86. The molecule has 0 radical (unpaired) electrons. The predicted molar refractivity (Wildman–Crippen MR) is 128 cm³/mol. The van der Waals surface area contributed by atoms with Crippen LogP contribution < -0.4 is 9.44 Å². The first-order valence-electron chi connectivity index (χ1n) is 10.9. The molecule has 3 aliphatic rings. The third-order valence-electron chi connectivity index (χ3n) is 5.07. The van der Waals surface area contributed by atoms with E-state index in [0.29, 0.717) is 18.5 Å². The second-order valence-corrected chi connectivity index (χ2v) is 9.98. The van der Waals surface area contributed by atoms with Crippen LogP contribution in [0.15, 0.2) is 51.7 Å². The van der Waals surface area contributed by atoms with Crippen molar-refractivity contribution >= 4 is 28.7 Å². The molecule has 3 aliphatic heterocycles. The number of carbonyl (C=O) groups excluding carboxylic acids is 1. The Hall–Kier alpha value is -2.83. The van der Waals surface area contributed by atoms with E-state index in [1.165, 1.54) is 7.11 Å². The van der Waals surface area contributed by atoms with Crippen molar-refractivity contribution in [2.75, 3.05) is 20.2 Å². The van der Waals surface area contributed by atoms with Gasteiger partial charge < -0.3 is 9.64 Å². The van der Waals surface area contributed by atoms with Crippen LogP contribution in [-0.2, 0) is 20.7 Å². The van der Waals surface area contributed by atoms with Gasteiger partial charge in [-0.15, -0.1) is 0 Å². The highest BCUT2D eigenvalue weighted by atomic mass is 32.2. The molecule has 4 rings (SSSR count). The molecule has 0 aliphatic carbocycles. The fourth-order valence-corrected chi connectivity index (χ4v) is 4.72. The van der Waals surface area contributed by atoms with E-state index in [1.54, 1.807) is 6.20 Å². The number of hydrogen-bond acceptors (Lipinski definition) is 6. The normalized spacial score (nSPS) is 20.1. The highest BCUT2D eigenvalue weighted by molar-refractivity contribution is 7.81. The Bertz CT molecular complexity index is 1110. The fraction of sp³-hybridized carbons (Fsp3) is 0.435. The van der Waals surface area contributed by atoms with Crippen LogP contribution >= 0.6 is 0 Å². The van der Waals surface area contributed by atoms with Crippen molar-refractivity contribution in [2.45, 2.75) is 45.2 Å². The number of halogens is 3. The van der Waals surface area contributed by atoms with Gasteiger partial charge in [0.25, 0.3) is 0 Å². The Morgan fingerprint density at radius 3 is 2.46 bits per heavy atom. The molecule has 2 unspecified atom stereocenters. The zero-order valence-corrected chi connectivity index (χ0v) is 20.7. The van der Waals surface area contributed by atoms with Gasteiger partial charge in [-0.05, 0) is 32.9 Å². The first kappa shape index (κ1) is 26.8. The minimum Gasteiger partial charge on any atom is -0.466 e. The largest absolute Gasteiger partial charge is 0.466 e. The smallest absolute Gasteiger partial charge is 0.337 e. The number of rotatable bonds is 5. The summed E-state index contributed by atoms with van der Waals surface area (Å²) in [5.41, 5.74) is 2.06. The molecule has 1 saturated heterocycles. The summed E-state index contributed by atoms with van der Waals surface area (Å²) in [4.78, 5) is 23.1. The van der Waals surface area contributed by atoms with E-state index in [4.69, 9.17) is 4.74 Å². The van der Waals surface area contributed by atoms with Crippen molar-refractivity contribution in [3.05, 3.63) is 59.2 Å². The summed E-state index contributed by atoms with van der Waals surface area (Å²) >= 11 is -1.38. The second kappa shape index (κ2) is 11.3. The molecule has 190 valence electrons. The second-order valence-electron chi connectivity index (χ2n) is 9.01. The Morgan fingerprint density at radius 1 is 1.23 bits per heavy atom. The molecular weight excluding hydrogens is 483 g/mol. The van der Waals surface area contributed by atoms with Gasteiger partial charge in [-0.1, -0.05) is 12.1 Å². The summed E-state index contributed by atoms with van der Waals surface area (Å²) in [6.07, 6.45) is 5.06. The van der Waals surface area contributed by atoms with E-state index >= 15 is 0 Å². The number of fused-ring (bicyclic) bond motifs is 1. The number of benzene rings is 1. The van der Waals surface area contributed by atoms with Gasteiger partial charge in [-0.2, -0.15) is 0 Å². The highest BCUT2D eigenvalue weighted by Crippen LogP contribution is 2.30. The van der Waals surface area contributed by atoms with Gasteiger partial charge in [0.05, 0.1) is 24.9 Å². The van der Waals surface area contributed by atoms with E-state index in [2.05, 4.69) is 19.4 Å². The van der Waals surface area contributed by atoms with Gasteiger partial charge in [0, 0.05) is 42.9 Å². The average Bonchev–Trinajstić information content (AvgIpc) is 3.45. The lowest BCUT2D eigenvalue weighted by Crippen LogP contribution is -2.47. The number of methoxy groups -OCH3 is 1. The summed E-state index contributed by atoms with van der Waals surface area (Å²) in [6, 6.07) is 2.75. The number of carbonyl (C=O) groups is 1. The highest BCUT2D eigenvalue weighted by Gasteiger charge is 2.38. The van der Waals surface area contributed by atoms with Gasteiger partial charge in [-0.3, -0.25) is 9.98 Å². The van der Waals surface area contributed by atoms with Crippen LogP contribution in [-0.4, -0.2) is 58.4 Å². The molecule has 0 aromatic heterocycles. The number of esters is 1. The molecule has 12 heteroatoms. The van der Waals surface area contributed by atoms with Crippen molar-refractivity contribution < 1.29 is 26.9 Å². The van der Waals surface area contributed by atoms with Crippen LogP contribution in [0.2, 0.25) is 0 Å². The Labute approximate surface area is 204 Å². The molecule has 3 heterocycles.